The summed E-state index contributed by atoms with van der Waals surface area (Å²) in [6.07, 6.45) is 2.30. The number of unbranched alkanes of at least 4 members (excludes halogenated alkanes) is 1. The zero-order chi connectivity index (χ0) is 8.53. The third-order valence-electron chi connectivity index (χ3n) is 1.67. The SMILES string of the molecule is CCCCN(CCN)CCF. The van der Waals surface area contributed by atoms with Crippen molar-refractivity contribution in [2.45, 2.75) is 19.8 Å². The van der Waals surface area contributed by atoms with Crippen LogP contribution in [0.15, 0.2) is 0 Å². The molecular weight excluding hydrogens is 143 g/mol. The Bertz CT molecular complexity index is 72.5. The second kappa shape index (κ2) is 7.95. The highest BCUT2D eigenvalue weighted by molar-refractivity contribution is 4.56. The minimum atomic E-state index is -0.260. The molecule has 0 spiro atoms. The van der Waals surface area contributed by atoms with Crippen LogP contribution in [-0.4, -0.2) is 37.8 Å². The minimum absolute atomic E-state index is 0.260. The maximum absolute atomic E-state index is 11.9. The highest BCUT2D eigenvalue weighted by Gasteiger charge is 2.00. The van der Waals surface area contributed by atoms with Gasteiger partial charge in [-0.25, -0.2) is 4.39 Å². The summed E-state index contributed by atoms with van der Waals surface area (Å²) in [6, 6.07) is 0. The Morgan fingerprint density at radius 2 is 2.00 bits per heavy atom. The fourth-order valence-corrected chi connectivity index (χ4v) is 1.02. The number of nitrogens with two attached hydrogens (primary N) is 1. The summed E-state index contributed by atoms with van der Waals surface area (Å²) in [5, 5.41) is 0. The monoisotopic (exact) mass is 162 g/mol. The van der Waals surface area contributed by atoms with E-state index in [1.165, 1.54) is 0 Å². The van der Waals surface area contributed by atoms with Crippen LogP contribution in [0.5, 0.6) is 0 Å². The quantitative estimate of drug-likeness (QED) is 0.605. The molecule has 68 valence electrons. The first-order chi connectivity index (χ1) is 5.35. The molecule has 0 aliphatic rings. The van der Waals surface area contributed by atoms with E-state index < -0.39 is 0 Å². The lowest BCUT2D eigenvalue weighted by Gasteiger charge is -2.18. The summed E-state index contributed by atoms with van der Waals surface area (Å²) in [6.45, 7) is 4.85. The zero-order valence-electron chi connectivity index (χ0n) is 7.35. The molecular formula is C8H19FN2. The number of halogens is 1. The lowest BCUT2D eigenvalue weighted by atomic mass is 10.3. The summed E-state index contributed by atoms with van der Waals surface area (Å²) in [4.78, 5) is 2.07. The van der Waals surface area contributed by atoms with Crippen LogP contribution >= 0.6 is 0 Å². The van der Waals surface area contributed by atoms with Crippen molar-refractivity contribution in [2.24, 2.45) is 5.73 Å². The first kappa shape index (κ1) is 10.8. The van der Waals surface area contributed by atoms with Crippen LogP contribution in [0, 0.1) is 0 Å². The first-order valence-corrected chi connectivity index (χ1v) is 4.33. The van der Waals surface area contributed by atoms with E-state index in [-0.39, 0.29) is 6.67 Å². The Kier molecular flexibility index (Phi) is 7.84. The van der Waals surface area contributed by atoms with Crippen molar-refractivity contribution in [1.29, 1.82) is 0 Å². The van der Waals surface area contributed by atoms with Crippen molar-refractivity contribution < 1.29 is 4.39 Å². The van der Waals surface area contributed by atoms with Crippen LogP contribution in [0.25, 0.3) is 0 Å². The Morgan fingerprint density at radius 3 is 2.45 bits per heavy atom. The summed E-state index contributed by atoms with van der Waals surface area (Å²) in [7, 11) is 0. The molecule has 0 bridgehead atoms. The van der Waals surface area contributed by atoms with Crippen molar-refractivity contribution >= 4 is 0 Å². The van der Waals surface area contributed by atoms with Gasteiger partial charge < -0.3 is 5.73 Å². The summed E-state index contributed by atoms with van der Waals surface area (Å²) in [5.74, 6) is 0. The van der Waals surface area contributed by atoms with Crippen molar-refractivity contribution in [2.75, 3.05) is 32.9 Å². The lowest BCUT2D eigenvalue weighted by Crippen LogP contribution is -2.32. The minimum Gasteiger partial charge on any atom is -0.329 e. The number of rotatable bonds is 7. The second-order valence-corrected chi connectivity index (χ2v) is 2.67. The largest absolute Gasteiger partial charge is 0.329 e. The molecule has 0 aromatic rings. The fraction of sp³-hybridized carbons (Fsp3) is 1.00. The van der Waals surface area contributed by atoms with Crippen molar-refractivity contribution in [3.63, 3.8) is 0 Å². The predicted octanol–water partition coefficient (Wildman–Crippen LogP) is 1.02. The van der Waals surface area contributed by atoms with E-state index in [1.807, 2.05) is 0 Å². The van der Waals surface area contributed by atoms with Crippen LogP contribution < -0.4 is 5.73 Å². The average Bonchev–Trinajstić information content (AvgIpc) is 2.01. The maximum atomic E-state index is 11.9. The van der Waals surface area contributed by atoms with Gasteiger partial charge >= 0.3 is 0 Å². The smallest absolute Gasteiger partial charge is 0.102 e. The summed E-state index contributed by atoms with van der Waals surface area (Å²) in [5.41, 5.74) is 5.37. The fourth-order valence-electron chi connectivity index (χ4n) is 1.02. The highest BCUT2D eigenvalue weighted by atomic mass is 19.1. The van der Waals surface area contributed by atoms with Gasteiger partial charge in [0, 0.05) is 19.6 Å². The van der Waals surface area contributed by atoms with Crippen LogP contribution in [-0.2, 0) is 0 Å². The Morgan fingerprint density at radius 1 is 1.27 bits per heavy atom. The van der Waals surface area contributed by atoms with Crippen LogP contribution in [0.1, 0.15) is 19.8 Å². The van der Waals surface area contributed by atoms with Crippen molar-refractivity contribution in [1.82, 2.24) is 4.90 Å². The third-order valence-corrected chi connectivity index (χ3v) is 1.67. The molecule has 0 saturated carbocycles. The lowest BCUT2D eigenvalue weighted by molar-refractivity contribution is 0.250. The topological polar surface area (TPSA) is 29.3 Å². The predicted molar refractivity (Wildman–Crippen MR) is 46.4 cm³/mol. The number of hydrogen-bond donors (Lipinski definition) is 1. The average molecular weight is 162 g/mol. The molecule has 2 N–H and O–H groups in total. The molecule has 3 heteroatoms. The highest BCUT2D eigenvalue weighted by Crippen LogP contribution is 1.93. The molecule has 0 aromatic carbocycles. The van der Waals surface area contributed by atoms with Crippen molar-refractivity contribution in [3.05, 3.63) is 0 Å². The van der Waals surface area contributed by atoms with Gasteiger partial charge in [0.2, 0.25) is 0 Å². The molecule has 0 aromatic heterocycles. The van der Waals surface area contributed by atoms with Gasteiger partial charge in [-0.05, 0) is 13.0 Å². The van der Waals surface area contributed by atoms with Gasteiger partial charge in [0.1, 0.15) is 6.67 Å². The first-order valence-electron chi connectivity index (χ1n) is 4.33. The van der Waals surface area contributed by atoms with Gasteiger partial charge in [-0.1, -0.05) is 13.3 Å². The third kappa shape index (κ3) is 6.26. The van der Waals surface area contributed by atoms with Gasteiger partial charge in [-0.3, -0.25) is 4.90 Å². The maximum Gasteiger partial charge on any atom is 0.102 e. The summed E-state index contributed by atoms with van der Waals surface area (Å²) >= 11 is 0. The van der Waals surface area contributed by atoms with Crippen LogP contribution in [0.2, 0.25) is 0 Å². The molecule has 0 aliphatic carbocycles. The number of alkyl halides is 1. The molecule has 0 amide bonds. The van der Waals surface area contributed by atoms with E-state index in [4.69, 9.17) is 5.73 Å². The normalized spacial score (nSPS) is 10.9. The van der Waals surface area contributed by atoms with E-state index in [9.17, 15) is 4.39 Å². The molecule has 0 radical (unpaired) electrons. The van der Waals surface area contributed by atoms with Gasteiger partial charge in [0.25, 0.3) is 0 Å². The van der Waals surface area contributed by atoms with E-state index in [0.717, 1.165) is 25.9 Å². The molecule has 11 heavy (non-hydrogen) atoms. The van der Waals surface area contributed by atoms with Gasteiger partial charge in [-0.2, -0.15) is 0 Å². The molecule has 2 nitrogen and oxygen atoms in total. The van der Waals surface area contributed by atoms with Gasteiger partial charge in [0.05, 0.1) is 0 Å². The van der Waals surface area contributed by atoms with Gasteiger partial charge in [0.15, 0.2) is 0 Å². The molecule has 0 aliphatic heterocycles. The van der Waals surface area contributed by atoms with E-state index in [2.05, 4.69) is 11.8 Å². The van der Waals surface area contributed by atoms with Crippen LogP contribution in [0.3, 0.4) is 0 Å². The van der Waals surface area contributed by atoms with Crippen molar-refractivity contribution in [3.8, 4) is 0 Å². The molecule has 0 rings (SSSR count). The Balaban J connectivity index is 3.34. The molecule has 0 saturated heterocycles. The summed E-state index contributed by atoms with van der Waals surface area (Å²) < 4.78 is 11.9. The molecule has 0 fully saturated rings. The standard InChI is InChI=1S/C8H19FN2/c1-2-3-6-11(7-4-9)8-5-10/h2-8,10H2,1H3. The molecule has 0 heterocycles. The van der Waals surface area contributed by atoms with E-state index in [1.54, 1.807) is 0 Å². The molecule has 0 atom stereocenters. The van der Waals surface area contributed by atoms with Gasteiger partial charge in [-0.15, -0.1) is 0 Å². The van der Waals surface area contributed by atoms with E-state index >= 15 is 0 Å². The zero-order valence-corrected chi connectivity index (χ0v) is 7.35. The molecule has 0 unspecified atom stereocenters. The van der Waals surface area contributed by atoms with E-state index in [0.29, 0.717) is 13.1 Å². The number of hydrogen-bond acceptors (Lipinski definition) is 2. The number of nitrogens with zero attached hydrogens (tertiary/aromatic N) is 1. The Hall–Kier alpha value is -0.150. The second-order valence-electron chi connectivity index (χ2n) is 2.67. The van der Waals surface area contributed by atoms with Crippen LogP contribution in [0.4, 0.5) is 4.39 Å². The Labute approximate surface area is 68.6 Å².